The molecule has 0 atom stereocenters. The Morgan fingerprint density at radius 2 is 2.05 bits per heavy atom. The van der Waals surface area contributed by atoms with E-state index in [4.69, 9.17) is 9.47 Å². The first-order valence-corrected chi connectivity index (χ1v) is 6.63. The molecule has 0 fully saturated rings. The predicted molar refractivity (Wildman–Crippen MR) is 82.2 cm³/mol. The smallest absolute Gasteiger partial charge is 0.126 e. The Morgan fingerprint density at radius 3 is 2.58 bits per heavy atom. The summed E-state index contributed by atoms with van der Waals surface area (Å²) in [5, 5.41) is 0. The molecule has 2 heteroatoms. The Balaban J connectivity index is 3.16. The maximum Gasteiger partial charge on any atom is 0.126 e. The molecule has 19 heavy (non-hydrogen) atoms. The van der Waals surface area contributed by atoms with E-state index in [1.807, 2.05) is 37.3 Å². The van der Waals surface area contributed by atoms with Crippen LogP contribution in [0.4, 0.5) is 0 Å². The molecule has 0 aliphatic carbocycles. The molecule has 0 saturated heterocycles. The van der Waals surface area contributed by atoms with Crippen LogP contribution in [0.3, 0.4) is 0 Å². The number of hydrogen-bond acceptors (Lipinski definition) is 2. The molecule has 0 heterocycles. The highest BCUT2D eigenvalue weighted by atomic mass is 16.5. The minimum Gasteiger partial charge on any atom is -0.496 e. The largest absolute Gasteiger partial charge is 0.496 e. The van der Waals surface area contributed by atoms with Crippen LogP contribution in [0.15, 0.2) is 30.9 Å². The summed E-state index contributed by atoms with van der Waals surface area (Å²) in [6, 6.07) is 5.90. The quantitative estimate of drug-likeness (QED) is 0.677. The second kappa shape index (κ2) is 6.46. The molecular weight excluding hydrogens is 236 g/mol. The summed E-state index contributed by atoms with van der Waals surface area (Å²) < 4.78 is 11.4. The minimum absolute atomic E-state index is 0.215. The van der Waals surface area contributed by atoms with E-state index in [2.05, 4.69) is 27.4 Å². The van der Waals surface area contributed by atoms with Crippen LogP contribution in [0.5, 0.6) is 5.75 Å². The lowest BCUT2D eigenvalue weighted by molar-refractivity contribution is 0.0737. The summed E-state index contributed by atoms with van der Waals surface area (Å²) >= 11 is 0. The van der Waals surface area contributed by atoms with E-state index in [9.17, 15) is 0 Å². The number of methoxy groups -OCH3 is 1. The average molecular weight is 260 g/mol. The van der Waals surface area contributed by atoms with Crippen LogP contribution in [-0.2, 0) is 4.74 Å². The molecule has 104 valence electrons. The topological polar surface area (TPSA) is 18.5 Å². The molecule has 1 aromatic rings. The maximum atomic E-state index is 5.98. The Labute approximate surface area is 116 Å². The zero-order valence-electron chi connectivity index (χ0n) is 12.6. The van der Waals surface area contributed by atoms with E-state index >= 15 is 0 Å². The number of rotatable bonds is 6. The van der Waals surface area contributed by atoms with Crippen molar-refractivity contribution in [2.45, 2.75) is 39.7 Å². The van der Waals surface area contributed by atoms with Gasteiger partial charge in [0.25, 0.3) is 0 Å². The van der Waals surface area contributed by atoms with E-state index in [0.717, 1.165) is 23.3 Å². The van der Waals surface area contributed by atoms with Crippen LogP contribution in [0.2, 0.25) is 0 Å². The van der Waals surface area contributed by atoms with Gasteiger partial charge in [0, 0.05) is 11.1 Å². The van der Waals surface area contributed by atoms with Gasteiger partial charge in [0.05, 0.1) is 7.11 Å². The highest BCUT2D eigenvalue weighted by Crippen LogP contribution is 2.31. The van der Waals surface area contributed by atoms with Gasteiger partial charge in [-0.3, -0.25) is 0 Å². The van der Waals surface area contributed by atoms with Crippen molar-refractivity contribution >= 4 is 11.8 Å². The molecule has 0 bridgehead atoms. The molecule has 0 spiro atoms. The molecule has 0 aliphatic rings. The number of allylic oxidation sites excluding steroid dienone is 1. The highest BCUT2D eigenvalue weighted by Gasteiger charge is 2.19. The lowest BCUT2D eigenvalue weighted by Crippen LogP contribution is -2.22. The molecule has 0 aliphatic heterocycles. The number of ether oxygens (including phenoxy) is 2. The van der Waals surface area contributed by atoms with Gasteiger partial charge in [0.2, 0.25) is 0 Å². The molecule has 0 saturated carbocycles. The van der Waals surface area contributed by atoms with Crippen LogP contribution in [-0.4, -0.2) is 12.7 Å². The van der Waals surface area contributed by atoms with Gasteiger partial charge in [-0.15, -0.1) is 0 Å². The van der Waals surface area contributed by atoms with Crippen LogP contribution >= 0.6 is 0 Å². The molecule has 0 aromatic heterocycles. The molecule has 2 nitrogen and oxygen atoms in total. The highest BCUT2D eigenvalue weighted by molar-refractivity contribution is 5.73. The predicted octanol–water partition coefficient (Wildman–Crippen LogP) is 4.90. The van der Waals surface area contributed by atoms with Gasteiger partial charge in [0.15, 0.2) is 0 Å². The van der Waals surface area contributed by atoms with Crippen molar-refractivity contribution in [3.05, 3.63) is 42.0 Å². The second-order valence-electron chi connectivity index (χ2n) is 5.06. The van der Waals surface area contributed by atoms with Crippen molar-refractivity contribution in [3.63, 3.8) is 0 Å². The Hall–Kier alpha value is -1.70. The first kappa shape index (κ1) is 15.4. The third-order valence-corrected chi connectivity index (χ3v) is 3.17. The van der Waals surface area contributed by atoms with Gasteiger partial charge >= 0.3 is 0 Å². The van der Waals surface area contributed by atoms with Crippen molar-refractivity contribution in [2.24, 2.45) is 0 Å². The van der Waals surface area contributed by atoms with E-state index in [1.165, 1.54) is 0 Å². The molecular formula is C17H24O2. The van der Waals surface area contributed by atoms with E-state index in [-0.39, 0.29) is 5.60 Å². The standard InChI is InChI=1S/C17H24O2/c1-7-10-15-14(11-9-12-16(15)18-6)13(3)19-17(4,5)8-2/h7,9-12H,3,8H2,1-2,4-6H3/b10-7-. The lowest BCUT2D eigenvalue weighted by Gasteiger charge is -2.27. The Morgan fingerprint density at radius 1 is 1.37 bits per heavy atom. The summed E-state index contributed by atoms with van der Waals surface area (Å²) in [6.45, 7) is 12.3. The van der Waals surface area contributed by atoms with E-state index < -0.39 is 0 Å². The number of hydrogen-bond donors (Lipinski definition) is 0. The first-order valence-electron chi connectivity index (χ1n) is 6.63. The normalized spacial score (nSPS) is 11.6. The fourth-order valence-corrected chi connectivity index (χ4v) is 1.76. The van der Waals surface area contributed by atoms with Crippen molar-refractivity contribution in [1.29, 1.82) is 0 Å². The van der Waals surface area contributed by atoms with Crippen LogP contribution in [0.1, 0.15) is 45.2 Å². The van der Waals surface area contributed by atoms with Gasteiger partial charge in [0.1, 0.15) is 17.1 Å². The second-order valence-corrected chi connectivity index (χ2v) is 5.06. The summed E-state index contributed by atoms with van der Waals surface area (Å²) in [7, 11) is 1.67. The van der Waals surface area contributed by atoms with Gasteiger partial charge in [-0.05, 0) is 33.3 Å². The lowest BCUT2D eigenvalue weighted by atomic mass is 10.0. The molecule has 1 rings (SSSR count). The first-order chi connectivity index (χ1) is 8.95. The average Bonchev–Trinajstić information content (AvgIpc) is 2.38. The SMILES string of the molecule is C=C(OC(C)(C)CC)c1cccc(OC)c1/C=C\C. The summed E-state index contributed by atoms with van der Waals surface area (Å²) in [5.41, 5.74) is 1.76. The maximum absolute atomic E-state index is 5.98. The third kappa shape index (κ3) is 3.88. The van der Waals surface area contributed by atoms with E-state index in [0.29, 0.717) is 5.76 Å². The van der Waals surface area contributed by atoms with Crippen LogP contribution in [0.25, 0.3) is 11.8 Å². The van der Waals surface area contributed by atoms with Crippen LogP contribution in [0, 0.1) is 0 Å². The van der Waals surface area contributed by atoms with Crippen molar-refractivity contribution in [3.8, 4) is 5.75 Å². The van der Waals surface area contributed by atoms with Gasteiger partial charge in [-0.25, -0.2) is 0 Å². The summed E-state index contributed by atoms with van der Waals surface area (Å²) in [5.74, 6) is 1.51. The van der Waals surface area contributed by atoms with Gasteiger partial charge in [-0.2, -0.15) is 0 Å². The number of benzene rings is 1. The van der Waals surface area contributed by atoms with Crippen molar-refractivity contribution in [1.82, 2.24) is 0 Å². The Bertz CT molecular complexity index is 470. The fraction of sp³-hybridized carbons (Fsp3) is 0.412. The fourth-order valence-electron chi connectivity index (χ4n) is 1.76. The third-order valence-electron chi connectivity index (χ3n) is 3.17. The molecule has 0 radical (unpaired) electrons. The zero-order valence-corrected chi connectivity index (χ0v) is 12.6. The van der Waals surface area contributed by atoms with Gasteiger partial charge < -0.3 is 9.47 Å². The molecule has 1 aromatic carbocycles. The summed E-state index contributed by atoms with van der Waals surface area (Å²) in [4.78, 5) is 0. The van der Waals surface area contributed by atoms with Crippen molar-refractivity contribution in [2.75, 3.05) is 7.11 Å². The minimum atomic E-state index is -0.215. The summed E-state index contributed by atoms with van der Waals surface area (Å²) in [6.07, 6.45) is 4.93. The Kier molecular flexibility index (Phi) is 5.22. The van der Waals surface area contributed by atoms with Crippen LogP contribution < -0.4 is 4.74 Å². The zero-order chi connectivity index (χ0) is 14.5. The van der Waals surface area contributed by atoms with E-state index in [1.54, 1.807) is 7.11 Å². The molecule has 0 amide bonds. The monoisotopic (exact) mass is 260 g/mol. The molecule has 0 unspecified atom stereocenters. The van der Waals surface area contributed by atoms with Crippen molar-refractivity contribution < 1.29 is 9.47 Å². The van der Waals surface area contributed by atoms with Gasteiger partial charge in [-0.1, -0.05) is 37.8 Å². The molecule has 0 N–H and O–H groups in total.